The average molecular weight is 271 g/mol. The second-order valence-corrected chi connectivity index (χ2v) is 4.32. The van der Waals surface area contributed by atoms with Crippen LogP contribution in [0.1, 0.15) is 12.0 Å². The van der Waals surface area contributed by atoms with E-state index in [1.807, 2.05) is 19.2 Å². The van der Waals surface area contributed by atoms with Gasteiger partial charge < -0.3 is 15.4 Å². The van der Waals surface area contributed by atoms with Crippen LogP contribution in [0.15, 0.2) is 18.2 Å². The number of benzene rings is 1. The van der Waals surface area contributed by atoms with Crippen molar-refractivity contribution < 1.29 is 9.53 Å². The van der Waals surface area contributed by atoms with Crippen molar-refractivity contribution in [1.82, 2.24) is 10.6 Å². The maximum Gasteiger partial charge on any atom is 0.221 e. The highest BCUT2D eigenvalue weighted by Crippen LogP contribution is 2.22. The van der Waals surface area contributed by atoms with Gasteiger partial charge in [0, 0.05) is 24.5 Å². The number of hydrogen-bond donors (Lipinski definition) is 2. The fraction of sp³-hybridized carbons (Fsp3) is 0.462. The number of carbonyl (C=O) groups excluding carboxylic acids is 1. The zero-order valence-corrected chi connectivity index (χ0v) is 11.5. The van der Waals surface area contributed by atoms with Crippen LogP contribution in [0.25, 0.3) is 0 Å². The largest absolute Gasteiger partial charge is 0.497 e. The second-order valence-electron chi connectivity index (χ2n) is 3.91. The van der Waals surface area contributed by atoms with E-state index in [0.29, 0.717) is 31.0 Å². The van der Waals surface area contributed by atoms with Gasteiger partial charge in [-0.25, -0.2) is 0 Å². The highest BCUT2D eigenvalue weighted by Gasteiger charge is 2.04. The Morgan fingerprint density at radius 1 is 1.39 bits per heavy atom. The van der Waals surface area contributed by atoms with E-state index in [-0.39, 0.29) is 5.91 Å². The Kier molecular flexibility index (Phi) is 6.54. The molecule has 0 radical (unpaired) electrons. The number of nitrogens with one attached hydrogen (secondary N) is 2. The van der Waals surface area contributed by atoms with Gasteiger partial charge in [-0.1, -0.05) is 17.7 Å². The first-order valence-electron chi connectivity index (χ1n) is 5.91. The molecule has 5 heteroatoms. The van der Waals surface area contributed by atoms with Gasteiger partial charge in [0.05, 0.1) is 7.11 Å². The van der Waals surface area contributed by atoms with E-state index in [1.54, 1.807) is 13.2 Å². The van der Waals surface area contributed by atoms with Crippen molar-refractivity contribution in [3.63, 3.8) is 0 Å². The zero-order valence-electron chi connectivity index (χ0n) is 10.8. The maximum atomic E-state index is 11.4. The van der Waals surface area contributed by atoms with E-state index < -0.39 is 0 Å². The maximum absolute atomic E-state index is 11.4. The van der Waals surface area contributed by atoms with Gasteiger partial charge in [0.1, 0.15) is 5.75 Å². The Morgan fingerprint density at radius 2 is 2.17 bits per heavy atom. The Hall–Kier alpha value is -1.26. The van der Waals surface area contributed by atoms with Crippen molar-refractivity contribution in [1.29, 1.82) is 0 Å². The topological polar surface area (TPSA) is 50.4 Å². The molecule has 0 aliphatic heterocycles. The molecule has 18 heavy (non-hydrogen) atoms. The summed E-state index contributed by atoms with van der Waals surface area (Å²) in [5.74, 6) is 0.788. The van der Waals surface area contributed by atoms with Gasteiger partial charge in [0.2, 0.25) is 5.91 Å². The summed E-state index contributed by atoms with van der Waals surface area (Å²) >= 11 is 6.10. The zero-order chi connectivity index (χ0) is 13.4. The summed E-state index contributed by atoms with van der Waals surface area (Å²) in [4.78, 5) is 11.4. The SMILES string of the molecule is CNCCC(=O)NCCc1ccc(OC)cc1Cl. The van der Waals surface area contributed by atoms with Crippen molar-refractivity contribution in [2.45, 2.75) is 12.8 Å². The standard InChI is InChI=1S/C13H19ClN2O2/c1-15-7-6-13(17)16-8-5-10-3-4-11(18-2)9-12(10)14/h3-4,9,15H,5-8H2,1-2H3,(H,16,17). The molecule has 0 spiro atoms. The Bertz CT molecular complexity index is 397. The van der Waals surface area contributed by atoms with E-state index in [2.05, 4.69) is 10.6 Å². The molecule has 0 atom stereocenters. The third kappa shape index (κ3) is 4.94. The third-order valence-corrected chi connectivity index (χ3v) is 2.93. The molecule has 0 aliphatic carbocycles. The minimum atomic E-state index is 0.0500. The molecule has 0 bridgehead atoms. The van der Waals surface area contributed by atoms with E-state index in [1.165, 1.54) is 0 Å². The first-order valence-corrected chi connectivity index (χ1v) is 6.29. The van der Waals surface area contributed by atoms with Crippen LogP contribution in [0.2, 0.25) is 5.02 Å². The summed E-state index contributed by atoms with van der Waals surface area (Å²) in [6.07, 6.45) is 1.21. The molecule has 1 rings (SSSR count). The van der Waals surface area contributed by atoms with E-state index in [0.717, 1.165) is 11.3 Å². The second kappa shape index (κ2) is 7.95. The van der Waals surface area contributed by atoms with Crippen molar-refractivity contribution in [2.24, 2.45) is 0 Å². The lowest BCUT2D eigenvalue weighted by atomic mass is 10.1. The van der Waals surface area contributed by atoms with Crippen LogP contribution in [0, 0.1) is 0 Å². The number of methoxy groups -OCH3 is 1. The summed E-state index contributed by atoms with van der Waals surface area (Å²) in [6, 6.07) is 5.56. The van der Waals surface area contributed by atoms with Gasteiger partial charge in [0.15, 0.2) is 0 Å². The highest BCUT2D eigenvalue weighted by atomic mass is 35.5. The molecular weight excluding hydrogens is 252 g/mol. The first-order chi connectivity index (χ1) is 8.67. The predicted molar refractivity (Wildman–Crippen MR) is 73.3 cm³/mol. The number of halogens is 1. The smallest absolute Gasteiger partial charge is 0.221 e. The average Bonchev–Trinajstić information content (AvgIpc) is 2.38. The van der Waals surface area contributed by atoms with Gasteiger partial charge in [0.25, 0.3) is 0 Å². The fourth-order valence-corrected chi connectivity index (χ4v) is 1.79. The molecule has 0 heterocycles. The lowest BCUT2D eigenvalue weighted by Gasteiger charge is -2.08. The summed E-state index contributed by atoms with van der Waals surface area (Å²) in [5, 5.41) is 6.45. The van der Waals surface area contributed by atoms with Crippen LogP contribution in [0.5, 0.6) is 5.75 Å². The van der Waals surface area contributed by atoms with Crippen LogP contribution in [0.3, 0.4) is 0 Å². The summed E-state index contributed by atoms with van der Waals surface area (Å²) in [6.45, 7) is 1.28. The fourth-order valence-electron chi connectivity index (χ4n) is 1.52. The minimum absolute atomic E-state index is 0.0500. The molecule has 4 nitrogen and oxygen atoms in total. The molecule has 1 aromatic rings. The van der Waals surface area contributed by atoms with Crippen molar-refractivity contribution in [3.8, 4) is 5.75 Å². The number of carbonyl (C=O) groups is 1. The highest BCUT2D eigenvalue weighted by molar-refractivity contribution is 6.31. The number of ether oxygens (including phenoxy) is 1. The lowest BCUT2D eigenvalue weighted by Crippen LogP contribution is -2.28. The van der Waals surface area contributed by atoms with Crippen molar-refractivity contribution >= 4 is 17.5 Å². The Balaban J connectivity index is 2.37. The van der Waals surface area contributed by atoms with Crippen molar-refractivity contribution in [2.75, 3.05) is 27.2 Å². The molecular formula is C13H19ClN2O2. The summed E-state index contributed by atoms with van der Waals surface area (Å²) in [7, 11) is 3.43. The first kappa shape index (κ1) is 14.8. The van der Waals surface area contributed by atoms with Gasteiger partial charge >= 0.3 is 0 Å². The van der Waals surface area contributed by atoms with E-state index in [4.69, 9.17) is 16.3 Å². The van der Waals surface area contributed by atoms with E-state index >= 15 is 0 Å². The molecule has 100 valence electrons. The molecule has 0 fully saturated rings. The molecule has 0 saturated heterocycles. The van der Waals surface area contributed by atoms with Gasteiger partial charge in [-0.15, -0.1) is 0 Å². The molecule has 0 aliphatic rings. The van der Waals surface area contributed by atoms with Crippen molar-refractivity contribution in [3.05, 3.63) is 28.8 Å². The third-order valence-electron chi connectivity index (χ3n) is 2.58. The van der Waals surface area contributed by atoms with Gasteiger partial charge in [-0.05, 0) is 31.2 Å². The molecule has 1 amide bonds. The molecule has 0 aromatic heterocycles. The van der Waals surface area contributed by atoms with Crippen LogP contribution in [-0.4, -0.2) is 33.2 Å². The summed E-state index contributed by atoms with van der Waals surface area (Å²) < 4.78 is 5.08. The lowest BCUT2D eigenvalue weighted by molar-refractivity contribution is -0.120. The van der Waals surface area contributed by atoms with Gasteiger partial charge in [-0.3, -0.25) is 4.79 Å². The normalized spacial score (nSPS) is 10.2. The van der Waals surface area contributed by atoms with E-state index in [9.17, 15) is 4.79 Å². The van der Waals surface area contributed by atoms with Crippen LogP contribution in [0.4, 0.5) is 0 Å². The number of rotatable bonds is 7. The summed E-state index contributed by atoms with van der Waals surface area (Å²) in [5.41, 5.74) is 1.01. The number of hydrogen-bond acceptors (Lipinski definition) is 3. The quantitative estimate of drug-likeness (QED) is 0.792. The van der Waals surface area contributed by atoms with Gasteiger partial charge in [-0.2, -0.15) is 0 Å². The Morgan fingerprint density at radius 3 is 2.78 bits per heavy atom. The monoisotopic (exact) mass is 270 g/mol. The Labute approximate surface area is 113 Å². The molecule has 0 saturated carbocycles. The molecule has 2 N–H and O–H groups in total. The van der Waals surface area contributed by atoms with Crippen LogP contribution < -0.4 is 15.4 Å². The minimum Gasteiger partial charge on any atom is -0.497 e. The van der Waals surface area contributed by atoms with Crippen LogP contribution in [-0.2, 0) is 11.2 Å². The molecule has 0 unspecified atom stereocenters. The molecule has 1 aromatic carbocycles. The number of amides is 1. The van der Waals surface area contributed by atoms with Crippen LogP contribution >= 0.6 is 11.6 Å². The predicted octanol–water partition coefficient (Wildman–Crippen LogP) is 1.62.